The Balaban J connectivity index is 2.29. The molecule has 1 N–H and O–H groups in total. The Bertz CT molecular complexity index is 443. The van der Waals surface area contributed by atoms with Crippen LogP contribution in [0.25, 0.3) is 0 Å². The molecule has 2 nitrogen and oxygen atoms in total. The number of hydrogen-bond acceptors (Lipinski definition) is 2. The molecule has 2 rings (SSSR count). The molecule has 118 valence electrons. The number of nitrogens with one attached hydrogen (secondary N) is 1. The summed E-state index contributed by atoms with van der Waals surface area (Å²) in [7, 11) is 0. The summed E-state index contributed by atoms with van der Waals surface area (Å²) < 4.78 is 5.92. The quantitative estimate of drug-likeness (QED) is 0.809. The predicted octanol–water partition coefficient (Wildman–Crippen LogP) is 4.28. The smallest absolute Gasteiger partial charge is 0.0619 e. The van der Waals surface area contributed by atoms with Gasteiger partial charge in [-0.3, -0.25) is 0 Å². The molecule has 0 amide bonds. The van der Waals surface area contributed by atoms with Crippen LogP contribution in [0, 0.1) is 5.92 Å². The first-order valence-corrected chi connectivity index (χ1v) is 8.71. The molecule has 1 aliphatic heterocycles. The van der Waals surface area contributed by atoms with Gasteiger partial charge in [-0.1, -0.05) is 45.9 Å². The standard InChI is InChI=1S/C19H31NO/c1-5-14-9-10-16(13-15(14)6-2)19(20-8-4)17-11-12-21-18(17)7-3/h9-10,13,17-20H,5-8,11-12H2,1-4H3. The minimum Gasteiger partial charge on any atom is -0.378 e. The van der Waals surface area contributed by atoms with Gasteiger partial charge < -0.3 is 10.1 Å². The van der Waals surface area contributed by atoms with E-state index in [9.17, 15) is 0 Å². The van der Waals surface area contributed by atoms with Crippen molar-refractivity contribution in [1.29, 1.82) is 0 Å². The molecule has 21 heavy (non-hydrogen) atoms. The van der Waals surface area contributed by atoms with Gasteiger partial charge in [0.2, 0.25) is 0 Å². The minimum absolute atomic E-state index is 0.407. The van der Waals surface area contributed by atoms with Crippen LogP contribution in [0.15, 0.2) is 18.2 Å². The highest BCUT2D eigenvalue weighted by atomic mass is 16.5. The Hall–Kier alpha value is -0.860. The third kappa shape index (κ3) is 3.67. The van der Waals surface area contributed by atoms with Gasteiger partial charge in [-0.05, 0) is 48.9 Å². The van der Waals surface area contributed by atoms with Crippen molar-refractivity contribution in [3.05, 3.63) is 34.9 Å². The molecule has 1 aromatic carbocycles. The first-order valence-electron chi connectivity index (χ1n) is 8.71. The molecular formula is C19H31NO. The summed E-state index contributed by atoms with van der Waals surface area (Å²) in [5.41, 5.74) is 4.44. The minimum atomic E-state index is 0.407. The maximum absolute atomic E-state index is 5.92. The average molecular weight is 289 g/mol. The lowest BCUT2D eigenvalue weighted by molar-refractivity contribution is 0.0776. The van der Waals surface area contributed by atoms with Crippen LogP contribution in [0.5, 0.6) is 0 Å². The van der Waals surface area contributed by atoms with Crippen LogP contribution in [0.4, 0.5) is 0 Å². The fourth-order valence-corrected chi connectivity index (χ4v) is 3.72. The van der Waals surface area contributed by atoms with Gasteiger partial charge in [0.25, 0.3) is 0 Å². The van der Waals surface area contributed by atoms with Gasteiger partial charge >= 0.3 is 0 Å². The summed E-state index contributed by atoms with van der Waals surface area (Å²) in [5.74, 6) is 0.604. The second-order valence-electron chi connectivity index (χ2n) is 6.04. The zero-order valence-corrected chi connectivity index (χ0v) is 14.1. The van der Waals surface area contributed by atoms with Crippen LogP contribution in [-0.2, 0) is 17.6 Å². The highest BCUT2D eigenvalue weighted by Crippen LogP contribution is 2.35. The molecule has 1 aliphatic rings. The van der Waals surface area contributed by atoms with Crippen molar-refractivity contribution < 1.29 is 4.74 Å². The third-order valence-electron chi connectivity index (χ3n) is 4.87. The molecule has 0 aliphatic carbocycles. The van der Waals surface area contributed by atoms with E-state index in [1.165, 1.54) is 23.1 Å². The topological polar surface area (TPSA) is 21.3 Å². The van der Waals surface area contributed by atoms with Crippen LogP contribution in [-0.4, -0.2) is 19.3 Å². The normalized spacial score (nSPS) is 23.4. The van der Waals surface area contributed by atoms with E-state index in [1.54, 1.807) is 0 Å². The lowest BCUT2D eigenvalue weighted by Gasteiger charge is -2.29. The zero-order chi connectivity index (χ0) is 15.2. The van der Waals surface area contributed by atoms with Gasteiger partial charge in [0.05, 0.1) is 6.10 Å². The molecule has 1 saturated heterocycles. The Morgan fingerprint density at radius 3 is 2.52 bits per heavy atom. The summed E-state index contributed by atoms with van der Waals surface area (Å²) in [6.07, 6.45) is 4.94. The molecule has 3 atom stereocenters. The largest absolute Gasteiger partial charge is 0.378 e. The Labute approximate surface area is 130 Å². The van der Waals surface area contributed by atoms with E-state index in [0.717, 1.165) is 32.4 Å². The number of ether oxygens (including phenoxy) is 1. The molecule has 1 heterocycles. The van der Waals surface area contributed by atoms with Crippen LogP contribution in [0.2, 0.25) is 0 Å². The van der Waals surface area contributed by atoms with E-state index in [0.29, 0.717) is 18.1 Å². The fourth-order valence-electron chi connectivity index (χ4n) is 3.72. The molecule has 0 spiro atoms. The number of benzene rings is 1. The molecule has 1 aromatic rings. The third-order valence-corrected chi connectivity index (χ3v) is 4.87. The summed E-state index contributed by atoms with van der Waals surface area (Å²) in [4.78, 5) is 0. The van der Waals surface area contributed by atoms with Crippen LogP contribution in [0.3, 0.4) is 0 Å². The van der Waals surface area contributed by atoms with E-state index >= 15 is 0 Å². The zero-order valence-electron chi connectivity index (χ0n) is 14.1. The summed E-state index contributed by atoms with van der Waals surface area (Å²) in [5, 5.41) is 3.71. The van der Waals surface area contributed by atoms with Crippen molar-refractivity contribution >= 4 is 0 Å². The molecule has 0 aromatic heterocycles. The maximum Gasteiger partial charge on any atom is 0.0619 e. The molecule has 0 radical (unpaired) electrons. The van der Waals surface area contributed by atoms with Crippen molar-refractivity contribution in [3.8, 4) is 0 Å². The summed E-state index contributed by atoms with van der Waals surface area (Å²) >= 11 is 0. The first kappa shape index (κ1) is 16.5. The van der Waals surface area contributed by atoms with Crippen molar-refractivity contribution in [3.63, 3.8) is 0 Å². The summed E-state index contributed by atoms with van der Waals surface area (Å²) in [6, 6.07) is 7.52. The van der Waals surface area contributed by atoms with E-state index in [-0.39, 0.29) is 0 Å². The van der Waals surface area contributed by atoms with E-state index < -0.39 is 0 Å². The van der Waals surface area contributed by atoms with Crippen LogP contribution >= 0.6 is 0 Å². The molecule has 0 bridgehead atoms. The summed E-state index contributed by atoms with van der Waals surface area (Å²) in [6.45, 7) is 10.9. The molecule has 2 heteroatoms. The van der Waals surface area contributed by atoms with Gasteiger partial charge in [-0.2, -0.15) is 0 Å². The Morgan fingerprint density at radius 2 is 1.90 bits per heavy atom. The molecule has 0 saturated carbocycles. The second kappa shape index (κ2) is 7.95. The highest BCUT2D eigenvalue weighted by Gasteiger charge is 2.34. The lowest BCUT2D eigenvalue weighted by Crippen LogP contribution is -2.32. The predicted molar refractivity (Wildman–Crippen MR) is 89.8 cm³/mol. The Morgan fingerprint density at radius 1 is 1.14 bits per heavy atom. The van der Waals surface area contributed by atoms with Gasteiger partial charge in [-0.15, -0.1) is 0 Å². The first-order chi connectivity index (χ1) is 10.2. The van der Waals surface area contributed by atoms with Crippen LogP contribution < -0.4 is 5.32 Å². The monoisotopic (exact) mass is 289 g/mol. The molecule has 1 fully saturated rings. The Kier molecular flexibility index (Phi) is 6.25. The van der Waals surface area contributed by atoms with E-state index in [4.69, 9.17) is 4.74 Å². The van der Waals surface area contributed by atoms with Gasteiger partial charge in [0.1, 0.15) is 0 Å². The van der Waals surface area contributed by atoms with E-state index in [1.807, 2.05) is 0 Å². The van der Waals surface area contributed by atoms with Gasteiger partial charge in [0.15, 0.2) is 0 Å². The van der Waals surface area contributed by atoms with Crippen molar-refractivity contribution in [2.24, 2.45) is 5.92 Å². The number of hydrogen-bond donors (Lipinski definition) is 1. The second-order valence-corrected chi connectivity index (χ2v) is 6.04. The SMILES string of the molecule is CCNC(c1ccc(CC)c(CC)c1)C1CCOC1CC. The average Bonchev–Trinajstić information content (AvgIpc) is 3.00. The van der Waals surface area contributed by atoms with Crippen LogP contribution in [0.1, 0.15) is 63.3 Å². The fraction of sp³-hybridized carbons (Fsp3) is 0.684. The molecular weight excluding hydrogens is 258 g/mol. The van der Waals surface area contributed by atoms with Gasteiger partial charge in [-0.25, -0.2) is 0 Å². The van der Waals surface area contributed by atoms with Crippen molar-refractivity contribution in [2.75, 3.05) is 13.2 Å². The number of rotatable bonds is 7. The van der Waals surface area contributed by atoms with Crippen molar-refractivity contribution in [1.82, 2.24) is 5.32 Å². The van der Waals surface area contributed by atoms with E-state index in [2.05, 4.69) is 51.2 Å². The highest BCUT2D eigenvalue weighted by molar-refractivity contribution is 5.34. The van der Waals surface area contributed by atoms with Gasteiger partial charge in [0, 0.05) is 18.6 Å². The number of aryl methyl sites for hydroxylation is 2. The maximum atomic E-state index is 5.92. The lowest BCUT2D eigenvalue weighted by atomic mass is 9.85. The molecule has 3 unspecified atom stereocenters. The van der Waals surface area contributed by atoms with Crippen molar-refractivity contribution in [2.45, 2.75) is 65.5 Å².